The lowest BCUT2D eigenvalue weighted by Crippen LogP contribution is -2.40. The predicted molar refractivity (Wildman–Crippen MR) is 95.9 cm³/mol. The minimum atomic E-state index is -4.65. The summed E-state index contributed by atoms with van der Waals surface area (Å²) in [6.07, 6.45) is 2.95. The molecule has 0 aliphatic carbocycles. The van der Waals surface area contributed by atoms with Gasteiger partial charge in [-0.3, -0.25) is 14.5 Å². The van der Waals surface area contributed by atoms with E-state index < -0.39 is 20.5 Å². The van der Waals surface area contributed by atoms with E-state index in [9.17, 15) is 26.8 Å². The lowest BCUT2D eigenvalue weighted by atomic mass is 9.93. The van der Waals surface area contributed by atoms with Gasteiger partial charge in [0, 0.05) is 18.7 Å². The second-order valence-electron chi connectivity index (χ2n) is 6.63. The number of rotatable bonds is 8. The summed E-state index contributed by atoms with van der Waals surface area (Å²) in [6, 6.07) is 4.63. The van der Waals surface area contributed by atoms with Gasteiger partial charge in [-0.25, -0.2) is 8.42 Å². The van der Waals surface area contributed by atoms with Gasteiger partial charge in [0.2, 0.25) is 21.7 Å². The van der Waals surface area contributed by atoms with Gasteiger partial charge >= 0.3 is 5.76 Å². The number of primary amides is 1. The number of alkyl halides is 2. The van der Waals surface area contributed by atoms with E-state index in [4.69, 9.17) is 5.73 Å². The first-order valence-corrected chi connectivity index (χ1v) is 10.2. The van der Waals surface area contributed by atoms with Crippen LogP contribution in [-0.4, -0.2) is 50.5 Å². The SMILES string of the molecule is NC(=O)CCC1CCCN(CC(=O)Nc2ccc(S(=O)(=O)C(F)F)cc2)C1. The number of likely N-dealkylation sites (tertiary alicyclic amines) is 1. The molecule has 1 fully saturated rings. The molecule has 1 unspecified atom stereocenters. The first kappa shape index (κ1) is 21.2. The minimum Gasteiger partial charge on any atom is -0.370 e. The molecule has 150 valence electrons. The molecule has 1 aliphatic rings. The third-order valence-electron chi connectivity index (χ3n) is 4.47. The molecule has 7 nitrogen and oxygen atoms in total. The van der Waals surface area contributed by atoms with Gasteiger partial charge in [0.15, 0.2) is 0 Å². The second-order valence-corrected chi connectivity index (χ2v) is 8.54. The molecule has 1 aromatic carbocycles. The zero-order chi connectivity index (χ0) is 20.0. The number of carbonyl (C=O) groups is 2. The molecule has 3 N–H and O–H groups in total. The molecule has 0 spiro atoms. The largest absolute Gasteiger partial charge is 0.370 e. The fourth-order valence-corrected chi connectivity index (χ4v) is 3.83. The van der Waals surface area contributed by atoms with E-state index in [-0.39, 0.29) is 18.4 Å². The van der Waals surface area contributed by atoms with Gasteiger partial charge in [-0.1, -0.05) is 0 Å². The van der Waals surface area contributed by atoms with Crippen LogP contribution in [0.25, 0.3) is 0 Å². The number of nitrogens with zero attached hydrogens (tertiary/aromatic N) is 1. The van der Waals surface area contributed by atoms with Crippen molar-refractivity contribution in [2.24, 2.45) is 11.7 Å². The van der Waals surface area contributed by atoms with E-state index in [1.165, 1.54) is 12.1 Å². The summed E-state index contributed by atoms with van der Waals surface area (Å²) in [7, 11) is -4.65. The number of nitrogens with one attached hydrogen (secondary N) is 1. The molecule has 1 aliphatic heterocycles. The normalized spacial score (nSPS) is 18.4. The van der Waals surface area contributed by atoms with Crippen molar-refractivity contribution in [1.29, 1.82) is 0 Å². The lowest BCUT2D eigenvalue weighted by molar-refractivity contribution is -0.119. The Bertz CT molecular complexity index is 769. The Morgan fingerprint density at radius 2 is 1.93 bits per heavy atom. The average Bonchev–Trinajstić information content (AvgIpc) is 2.60. The Hall–Kier alpha value is -2.07. The van der Waals surface area contributed by atoms with E-state index in [2.05, 4.69) is 5.32 Å². The Kier molecular flexibility index (Phi) is 7.25. The van der Waals surface area contributed by atoms with Crippen LogP contribution >= 0.6 is 0 Å². The van der Waals surface area contributed by atoms with Crippen LogP contribution in [0.4, 0.5) is 14.5 Å². The first-order valence-electron chi connectivity index (χ1n) is 8.61. The maximum Gasteiger partial charge on any atom is 0.341 e. The van der Waals surface area contributed by atoms with Crippen molar-refractivity contribution in [3.05, 3.63) is 24.3 Å². The summed E-state index contributed by atoms with van der Waals surface area (Å²) in [4.78, 5) is 24.6. The van der Waals surface area contributed by atoms with Gasteiger partial charge in [-0.2, -0.15) is 8.78 Å². The van der Waals surface area contributed by atoms with E-state index in [1.54, 1.807) is 0 Å². The molecule has 1 atom stereocenters. The van der Waals surface area contributed by atoms with Gasteiger partial charge in [0.1, 0.15) is 0 Å². The molecule has 10 heteroatoms. The van der Waals surface area contributed by atoms with Crippen molar-refractivity contribution in [3.8, 4) is 0 Å². The summed E-state index contributed by atoms with van der Waals surface area (Å²) in [5.41, 5.74) is 5.50. The van der Waals surface area contributed by atoms with Crippen molar-refractivity contribution in [1.82, 2.24) is 4.90 Å². The van der Waals surface area contributed by atoms with E-state index >= 15 is 0 Å². The number of sulfone groups is 1. The Morgan fingerprint density at radius 1 is 1.26 bits per heavy atom. The Balaban J connectivity index is 1.87. The molecule has 0 bridgehead atoms. The number of benzene rings is 1. The minimum absolute atomic E-state index is 0.157. The molecule has 0 saturated carbocycles. The van der Waals surface area contributed by atoms with Crippen LogP contribution in [0.5, 0.6) is 0 Å². The van der Waals surface area contributed by atoms with Crippen LogP contribution < -0.4 is 11.1 Å². The number of anilines is 1. The van der Waals surface area contributed by atoms with Gasteiger partial charge in [0.25, 0.3) is 0 Å². The highest BCUT2D eigenvalue weighted by molar-refractivity contribution is 7.91. The summed E-state index contributed by atoms with van der Waals surface area (Å²) in [5, 5.41) is 2.63. The standard InChI is InChI=1S/C17H23F2N3O4S/c18-17(19)27(25,26)14-6-4-13(5-7-14)21-16(24)11-22-9-1-2-12(10-22)3-8-15(20)23/h4-7,12,17H,1-3,8-11H2,(H2,20,23)(H,21,24). The van der Waals surface area contributed by atoms with Crippen molar-refractivity contribution in [2.45, 2.75) is 36.3 Å². The molecule has 1 heterocycles. The summed E-state index contributed by atoms with van der Waals surface area (Å²) < 4.78 is 47.8. The van der Waals surface area contributed by atoms with Crippen LogP contribution in [0.1, 0.15) is 25.7 Å². The zero-order valence-electron chi connectivity index (χ0n) is 14.7. The van der Waals surface area contributed by atoms with Crippen LogP contribution in [0.3, 0.4) is 0 Å². The molecule has 1 saturated heterocycles. The second kappa shape index (κ2) is 9.23. The van der Waals surface area contributed by atoms with Crippen LogP contribution in [-0.2, 0) is 19.4 Å². The highest BCUT2D eigenvalue weighted by Crippen LogP contribution is 2.22. The van der Waals surface area contributed by atoms with Gasteiger partial charge in [0.05, 0.1) is 11.4 Å². The van der Waals surface area contributed by atoms with Crippen molar-refractivity contribution < 1.29 is 26.8 Å². The van der Waals surface area contributed by atoms with Crippen LogP contribution in [0.15, 0.2) is 29.2 Å². The molecule has 1 aromatic rings. The molecule has 0 aromatic heterocycles. The monoisotopic (exact) mass is 403 g/mol. The number of piperidine rings is 1. The average molecular weight is 403 g/mol. The fourth-order valence-electron chi connectivity index (χ4n) is 3.11. The molecule has 27 heavy (non-hydrogen) atoms. The fraction of sp³-hybridized carbons (Fsp3) is 0.529. The van der Waals surface area contributed by atoms with E-state index in [0.717, 1.165) is 31.5 Å². The topological polar surface area (TPSA) is 110 Å². The highest BCUT2D eigenvalue weighted by Gasteiger charge is 2.26. The summed E-state index contributed by atoms with van der Waals surface area (Å²) >= 11 is 0. The van der Waals surface area contributed by atoms with E-state index in [1.807, 2.05) is 4.90 Å². The van der Waals surface area contributed by atoms with E-state index in [0.29, 0.717) is 31.0 Å². The number of amides is 2. The number of halogens is 2. The zero-order valence-corrected chi connectivity index (χ0v) is 15.6. The van der Waals surface area contributed by atoms with Gasteiger partial charge in [-0.05, 0) is 56.0 Å². The van der Waals surface area contributed by atoms with Crippen LogP contribution in [0.2, 0.25) is 0 Å². The Morgan fingerprint density at radius 3 is 2.52 bits per heavy atom. The summed E-state index contributed by atoms with van der Waals surface area (Å²) in [5.74, 6) is -3.78. The molecule has 2 rings (SSSR count). The quantitative estimate of drug-likeness (QED) is 0.685. The molecule has 0 radical (unpaired) electrons. The number of carbonyl (C=O) groups excluding carboxylic acids is 2. The van der Waals surface area contributed by atoms with Crippen molar-refractivity contribution in [3.63, 3.8) is 0 Å². The number of hydrogen-bond donors (Lipinski definition) is 2. The van der Waals surface area contributed by atoms with Gasteiger partial charge < -0.3 is 11.1 Å². The maximum atomic E-state index is 12.5. The third-order valence-corrected chi connectivity index (χ3v) is 5.87. The lowest BCUT2D eigenvalue weighted by Gasteiger charge is -2.32. The third kappa shape index (κ3) is 6.24. The van der Waals surface area contributed by atoms with Crippen molar-refractivity contribution >= 4 is 27.3 Å². The van der Waals surface area contributed by atoms with Gasteiger partial charge in [-0.15, -0.1) is 0 Å². The Labute approximate surface area is 156 Å². The predicted octanol–water partition coefficient (Wildman–Crippen LogP) is 1.60. The van der Waals surface area contributed by atoms with Crippen molar-refractivity contribution in [2.75, 3.05) is 25.0 Å². The molecule has 2 amide bonds. The maximum absolute atomic E-state index is 12.5. The highest BCUT2D eigenvalue weighted by atomic mass is 32.2. The number of nitrogens with two attached hydrogens (primary N) is 1. The number of hydrogen-bond acceptors (Lipinski definition) is 5. The molecular formula is C17H23F2N3O4S. The van der Waals surface area contributed by atoms with Crippen LogP contribution in [0, 0.1) is 5.92 Å². The molecular weight excluding hydrogens is 380 g/mol. The summed E-state index contributed by atoms with van der Waals surface area (Å²) in [6.45, 7) is 1.63. The smallest absolute Gasteiger partial charge is 0.341 e. The first-order chi connectivity index (χ1) is 12.7.